The van der Waals surface area contributed by atoms with Crippen molar-refractivity contribution in [1.82, 2.24) is 14.7 Å². The molecule has 5 amide bonds. The number of methoxy groups -OCH3 is 3. The van der Waals surface area contributed by atoms with Gasteiger partial charge in [-0.3, -0.25) is 23.9 Å². The third kappa shape index (κ3) is 5.25. The second-order valence-corrected chi connectivity index (χ2v) is 16.0. The van der Waals surface area contributed by atoms with Gasteiger partial charge in [0.05, 0.1) is 49.4 Å². The standard InChI is InChI=1S/C40H37ClN4O9S/c1-18-23-15-20(41)8-12-30(23)55-34(18)27-17-31(43(3)42-27)44-36(48)26-16-24-21(9-10-22-32(24)37(49)45(35(22)47)39(51)54-6)25(40(26,2)38(44)50)11-7-19-13-28(52-4)33(46)29(14-19)53-5/h7-9,11-15,17,22,24-26,32,46H,10,16H2,1-6H3/t22-,24+,25-,26-,32-,40-/m0/s1. The van der Waals surface area contributed by atoms with E-state index in [1.165, 1.54) is 35.1 Å². The molecule has 6 atom stereocenters. The highest BCUT2D eigenvalue weighted by Crippen LogP contribution is 2.61. The lowest BCUT2D eigenvalue weighted by Gasteiger charge is -2.47. The maximum Gasteiger partial charge on any atom is 0.423 e. The highest BCUT2D eigenvalue weighted by atomic mass is 35.5. The minimum atomic E-state index is -1.32. The van der Waals surface area contributed by atoms with Crippen molar-refractivity contribution in [3.8, 4) is 27.8 Å². The van der Waals surface area contributed by atoms with Crippen LogP contribution in [0.1, 0.15) is 30.9 Å². The van der Waals surface area contributed by atoms with Crippen LogP contribution in [0.5, 0.6) is 17.2 Å². The second-order valence-electron chi connectivity index (χ2n) is 14.5. The van der Waals surface area contributed by atoms with Crippen molar-refractivity contribution in [3.63, 3.8) is 0 Å². The van der Waals surface area contributed by atoms with E-state index in [1.54, 1.807) is 38.2 Å². The van der Waals surface area contributed by atoms with Gasteiger partial charge in [-0.1, -0.05) is 35.4 Å². The van der Waals surface area contributed by atoms with Gasteiger partial charge in [0, 0.05) is 28.8 Å². The van der Waals surface area contributed by atoms with Crippen LogP contribution in [0.3, 0.4) is 0 Å². The molecule has 1 N–H and O–H groups in total. The Morgan fingerprint density at radius 3 is 2.40 bits per heavy atom. The van der Waals surface area contributed by atoms with E-state index >= 15 is 4.79 Å². The lowest BCUT2D eigenvalue weighted by atomic mass is 9.52. The van der Waals surface area contributed by atoms with Crippen molar-refractivity contribution in [2.24, 2.45) is 42.1 Å². The molecule has 4 aromatic rings. The molecule has 8 rings (SSSR count). The van der Waals surface area contributed by atoms with Gasteiger partial charge in [-0.25, -0.2) is 9.69 Å². The number of amides is 5. The lowest BCUT2D eigenvalue weighted by Crippen LogP contribution is -2.49. The summed E-state index contributed by atoms with van der Waals surface area (Å²) >= 11 is 7.84. The molecule has 2 aliphatic heterocycles. The number of carbonyl (C=O) groups is 5. The third-order valence-electron chi connectivity index (χ3n) is 11.9. The highest BCUT2D eigenvalue weighted by molar-refractivity contribution is 7.22. The van der Waals surface area contributed by atoms with E-state index in [0.717, 1.165) is 33.2 Å². The van der Waals surface area contributed by atoms with E-state index in [1.807, 2.05) is 37.3 Å². The number of imide groups is 4. The van der Waals surface area contributed by atoms with Crippen LogP contribution < -0.4 is 14.4 Å². The normalized spacial score (nSPS) is 26.1. The summed E-state index contributed by atoms with van der Waals surface area (Å²) in [4.78, 5) is 72.4. The molecule has 0 spiro atoms. The summed E-state index contributed by atoms with van der Waals surface area (Å²) in [6.07, 6.45) is 4.67. The number of thiophene rings is 1. The number of fused-ring (bicyclic) bond motifs is 5. The smallest absolute Gasteiger partial charge is 0.423 e. The first-order chi connectivity index (χ1) is 26.2. The van der Waals surface area contributed by atoms with Gasteiger partial charge >= 0.3 is 6.09 Å². The minimum absolute atomic E-state index is 0.102. The summed E-state index contributed by atoms with van der Waals surface area (Å²) in [7, 11) is 5.62. The average Bonchev–Trinajstić information content (AvgIpc) is 3.84. The number of aromatic hydroxyl groups is 1. The van der Waals surface area contributed by atoms with Gasteiger partial charge in [0.1, 0.15) is 11.5 Å². The number of carbonyl (C=O) groups excluding carboxylic acids is 5. The van der Waals surface area contributed by atoms with E-state index in [0.29, 0.717) is 27.0 Å². The Hall–Kier alpha value is -5.47. The van der Waals surface area contributed by atoms with Gasteiger partial charge in [0.25, 0.3) is 0 Å². The first-order valence-electron chi connectivity index (χ1n) is 17.6. The number of aromatic nitrogens is 2. The van der Waals surface area contributed by atoms with Gasteiger partial charge < -0.3 is 19.3 Å². The fourth-order valence-electron chi connectivity index (χ4n) is 9.14. The molecule has 1 saturated carbocycles. The highest BCUT2D eigenvalue weighted by Gasteiger charge is 2.67. The van der Waals surface area contributed by atoms with Crippen molar-refractivity contribution >= 4 is 74.6 Å². The van der Waals surface area contributed by atoms with Crippen LogP contribution in [0.15, 0.2) is 54.1 Å². The predicted molar refractivity (Wildman–Crippen MR) is 204 cm³/mol. The topological polar surface area (TPSA) is 158 Å². The fourth-order valence-corrected chi connectivity index (χ4v) is 10.5. The Bertz CT molecular complexity index is 2410. The zero-order valence-electron chi connectivity index (χ0n) is 30.8. The molecular formula is C40H37ClN4O9S. The summed E-state index contributed by atoms with van der Waals surface area (Å²) in [5.74, 6) is -5.73. The molecule has 0 bridgehead atoms. The first kappa shape index (κ1) is 36.5. The molecule has 2 aromatic carbocycles. The molecule has 0 radical (unpaired) electrons. The van der Waals surface area contributed by atoms with E-state index in [2.05, 4.69) is 0 Å². The quantitative estimate of drug-likeness (QED) is 0.168. The number of halogens is 1. The number of likely N-dealkylation sites (tertiary alicyclic amines) is 1. The van der Waals surface area contributed by atoms with Gasteiger partial charge in [-0.05, 0) is 79.5 Å². The van der Waals surface area contributed by atoms with Crippen LogP contribution in [0.4, 0.5) is 10.6 Å². The molecule has 284 valence electrons. The number of hydrogen-bond acceptors (Lipinski definition) is 11. The number of anilines is 1. The van der Waals surface area contributed by atoms with E-state index < -0.39 is 64.7 Å². The van der Waals surface area contributed by atoms with E-state index in [9.17, 15) is 24.3 Å². The van der Waals surface area contributed by atoms with Gasteiger partial charge in [-0.15, -0.1) is 11.3 Å². The molecule has 3 fully saturated rings. The number of phenolic OH excluding ortho intramolecular Hbond substituents is 1. The number of rotatable bonds is 6. The number of phenols is 1. The Kier molecular flexibility index (Phi) is 8.69. The number of hydrogen-bond donors (Lipinski definition) is 1. The third-order valence-corrected chi connectivity index (χ3v) is 13.4. The van der Waals surface area contributed by atoms with Crippen LogP contribution in [-0.4, -0.2) is 70.8 Å². The van der Waals surface area contributed by atoms with Crippen molar-refractivity contribution in [2.45, 2.75) is 26.7 Å². The molecule has 13 nitrogen and oxygen atoms in total. The van der Waals surface area contributed by atoms with Gasteiger partial charge in [-0.2, -0.15) is 10.00 Å². The largest absolute Gasteiger partial charge is 0.502 e. The Morgan fingerprint density at radius 2 is 1.73 bits per heavy atom. The summed E-state index contributed by atoms with van der Waals surface area (Å²) in [6.45, 7) is 3.75. The maximum atomic E-state index is 15.0. The Labute approximate surface area is 324 Å². The van der Waals surface area contributed by atoms with Crippen molar-refractivity contribution < 1.29 is 43.3 Å². The molecule has 55 heavy (non-hydrogen) atoms. The molecule has 0 unspecified atom stereocenters. The second kappa shape index (κ2) is 13.1. The minimum Gasteiger partial charge on any atom is -0.502 e. The summed E-state index contributed by atoms with van der Waals surface area (Å²) in [5.41, 5.74) is 1.56. The molecule has 4 aliphatic rings. The number of allylic oxidation sites excluding steroid dienone is 3. The summed E-state index contributed by atoms with van der Waals surface area (Å²) in [5, 5.41) is 16.9. The Morgan fingerprint density at radius 1 is 1.02 bits per heavy atom. The van der Waals surface area contributed by atoms with E-state index in [4.69, 9.17) is 30.9 Å². The van der Waals surface area contributed by atoms with Crippen LogP contribution in [0.25, 0.3) is 26.7 Å². The zero-order valence-corrected chi connectivity index (χ0v) is 32.4. The van der Waals surface area contributed by atoms with Crippen LogP contribution >= 0.6 is 22.9 Å². The summed E-state index contributed by atoms with van der Waals surface area (Å²) < 4.78 is 18.1. The monoisotopic (exact) mass is 784 g/mol. The number of nitrogens with zero attached hydrogens (tertiary/aromatic N) is 4. The van der Waals surface area contributed by atoms with Gasteiger partial charge in [0.2, 0.25) is 29.4 Å². The maximum absolute atomic E-state index is 15.0. The SMILES string of the molecule is COC(=O)N1C(=O)[C@H]2[C@H](CC=C3[C@H]2C[C@H]2C(=O)N(c4cc(-c5sc6ccc(Cl)cc6c5C)nn4C)C(=O)[C@@]2(C)[C@H]3C=Cc2cc(OC)c(O)c(OC)c2)C1=O. The molecule has 15 heteroatoms. The fraction of sp³-hybridized carbons (Fsp3) is 0.350. The lowest BCUT2D eigenvalue weighted by molar-refractivity contribution is -0.138. The Balaban J connectivity index is 1.24. The van der Waals surface area contributed by atoms with Crippen molar-refractivity contribution in [1.29, 1.82) is 0 Å². The average molecular weight is 785 g/mol. The summed E-state index contributed by atoms with van der Waals surface area (Å²) in [6, 6.07) is 10.6. The first-order valence-corrected chi connectivity index (χ1v) is 18.8. The number of aryl methyl sites for hydroxylation is 2. The molecule has 4 heterocycles. The molecule has 2 aliphatic carbocycles. The molecule has 2 saturated heterocycles. The van der Waals surface area contributed by atoms with Crippen LogP contribution in [-0.2, 0) is 31.0 Å². The number of ether oxygens (including phenoxy) is 3. The van der Waals surface area contributed by atoms with Crippen molar-refractivity contribution in [2.75, 3.05) is 26.2 Å². The van der Waals surface area contributed by atoms with E-state index in [-0.39, 0.29) is 30.1 Å². The molecular weight excluding hydrogens is 748 g/mol. The van der Waals surface area contributed by atoms with Gasteiger partial charge in [0.15, 0.2) is 11.5 Å². The number of benzene rings is 2. The van der Waals surface area contributed by atoms with Crippen LogP contribution in [0, 0.1) is 41.9 Å². The van der Waals surface area contributed by atoms with Crippen molar-refractivity contribution in [3.05, 3.63) is 70.3 Å². The van der Waals surface area contributed by atoms with Crippen LogP contribution in [0.2, 0.25) is 5.02 Å². The zero-order chi connectivity index (χ0) is 39.2. The molecule has 2 aromatic heterocycles. The predicted octanol–water partition coefficient (Wildman–Crippen LogP) is 6.53.